The average Bonchev–Trinajstić information content (AvgIpc) is 2.98. The minimum absolute atomic E-state index is 0.252. The molecule has 0 radical (unpaired) electrons. The van der Waals surface area contributed by atoms with Crippen molar-refractivity contribution in [2.45, 2.75) is 17.7 Å². The van der Waals surface area contributed by atoms with E-state index in [1.165, 1.54) is 0 Å². The number of likely N-dealkylation sites (tertiary alicyclic amines) is 1. The summed E-state index contributed by atoms with van der Waals surface area (Å²) in [5.41, 5.74) is 0. The molecule has 2 aromatic rings. The maximum Gasteiger partial charge on any atom is 0.232 e. The molecule has 2 atom stereocenters. The van der Waals surface area contributed by atoms with Crippen LogP contribution in [0.5, 0.6) is 0 Å². The van der Waals surface area contributed by atoms with E-state index in [1.807, 2.05) is 18.2 Å². The molecule has 2 heterocycles. The zero-order chi connectivity index (χ0) is 17.2. The molecule has 3 nitrogen and oxygen atoms in total. The van der Waals surface area contributed by atoms with E-state index in [2.05, 4.69) is 28.4 Å². The molecule has 4 rings (SSSR count). The summed E-state index contributed by atoms with van der Waals surface area (Å²) < 4.78 is 0. The number of carbonyl (C=O) groups excluding carboxylic acids is 1. The van der Waals surface area contributed by atoms with Crippen LogP contribution < -0.4 is 5.32 Å². The van der Waals surface area contributed by atoms with Gasteiger partial charge >= 0.3 is 0 Å². The smallest absolute Gasteiger partial charge is 0.232 e. The molecule has 1 amide bonds. The molecule has 2 aromatic carbocycles. The Morgan fingerprint density at radius 2 is 1.80 bits per heavy atom. The molecule has 132 valence electrons. The van der Waals surface area contributed by atoms with Gasteiger partial charge in [-0.15, -0.1) is 11.8 Å². The zero-order valence-electron chi connectivity index (χ0n) is 14.2. The third-order valence-corrected chi connectivity index (χ3v) is 6.90. The predicted molar refractivity (Wildman–Crippen MR) is 105 cm³/mol. The lowest BCUT2D eigenvalue weighted by atomic mass is 9.92. The fraction of sp³-hybridized carbons (Fsp3) is 0.450. The number of carbonyl (C=O) groups is 1. The van der Waals surface area contributed by atoms with Gasteiger partial charge in [0.15, 0.2) is 0 Å². The van der Waals surface area contributed by atoms with Gasteiger partial charge in [-0.3, -0.25) is 4.79 Å². The molecule has 0 bridgehead atoms. The molecule has 0 saturated carbocycles. The Labute approximate surface area is 158 Å². The Bertz CT molecular complexity index is 762. The number of hydrogen-bond donors (Lipinski definition) is 1. The number of halogens is 1. The van der Waals surface area contributed by atoms with Gasteiger partial charge in [-0.25, -0.2) is 0 Å². The van der Waals surface area contributed by atoms with E-state index < -0.39 is 0 Å². The van der Waals surface area contributed by atoms with Crippen LogP contribution in [0.4, 0.5) is 0 Å². The Balaban J connectivity index is 1.42. The Hall–Kier alpha value is -1.23. The van der Waals surface area contributed by atoms with E-state index >= 15 is 0 Å². The normalized spacial score (nSPS) is 23.5. The first-order valence-electron chi connectivity index (χ1n) is 9.01. The van der Waals surface area contributed by atoms with Crippen molar-refractivity contribution < 1.29 is 4.79 Å². The van der Waals surface area contributed by atoms with Crippen LogP contribution in [-0.4, -0.2) is 42.7 Å². The van der Waals surface area contributed by atoms with Gasteiger partial charge in [-0.1, -0.05) is 35.9 Å². The molecule has 5 heteroatoms. The lowest BCUT2D eigenvalue weighted by molar-refractivity contribution is -0.128. The van der Waals surface area contributed by atoms with Crippen LogP contribution in [-0.2, 0) is 4.79 Å². The lowest BCUT2D eigenvalue weighted by Crippen LogP contribution is -2.34. The molecule has 2 aliphatic heterocycles. The van der Waals surface area contributed by atoms with Crippen molar-refractivity contribution in [2.75, 3.05) is 31.9 Å². The van der Waals surface area contributed by atoms with Crippen molar-refractivity contribution in [3.05, 3.63) is 41.4 Å². The summed E-state index contributed by atoms with van der Waals surface area (Å²) in [4.78, 5) is 15.9. The SMILES string of the molecule is O=C(CSc1cccc2cccc(Cl)c12)N1CC[C@@H]2CNC[C@@H]2CC1. The van der Waals surface area contributed by atoms with Crippen LogP contribution in [0.2, 0.25) is 5.02 Å². The van der Waals surface area contributed by atoms with Gasteiger partial charge in [0.05, 0.1) is 5.75 Å². The zero-order valence-corrected chi connectivity index (χ0v) is 15.8. The molecule has 2 saturated heterocycles. The van der Waals surface area contributed by atoms with Gasteiger partial charge in [0.1, 0.15) is 0 Å². The lowest BCUT2D eigenvalue weighted by Gasteiger charge is -2.21. The number of thioether (sulfide) groups is 1. The topological polar surface area (TPSA) is 32.3 Å². The van der Waals surface area contributed by atoms with E-state index in [9.17, 15) is 4.79 Å². The fourth-order valence-electron chi connectivity index (χ4n) is 4.08. The maximum atomic E-state index is 12.7. The minimum atomic E-state index is 0.252. The first kappa shape index (κ1) is 17.2. The number of nitrogens with zero attached hydrogens (tertiary/aromatic N) is 1. The highest BCUT2D eigenvalue weighted by atomic mass is 35.5. The highest BCUT2D eigenvalue weighted by Gasteiger charge is 2.31. The van der Waals surface area contributed by atoms with Crippen LogP contribution in [0.25, 0.3) is 10.8 Å². The number of hydrogen-bond acceptors (Lipinski definition) is 3. The van der Waals surface area contributed by atoms with Gasteiger partial charge in [0.25, 0.3) is 0 Å². The summed E-state index contributed by atoms with van der Waals surface area (Å²) in [5.74, 6) is 2.24. The largest absolute Gasteiger partial charge is 0.342 e. The van der Waals surface area contributed by atoms with Crippen molar-refractivity contribution in [1.82, 2.24) is 10.2 Å². The second-order valence-electron chi connectivity index (χ2n) is 7.02. The summed E-state index contributed by atoms with van der Waals surface area (Å²) in [6, 6.07) is 12.1. The molecular weight excluding hydrogens is 352 g/mol. The summed E-state index contributed by atoms with van der Waals surface area (Å²) in [5, 5.41) is 6.42. The highest BCUT2D eigenvalue weighted by Crippen LogP contribution is 2.33. The number of benzene rings is 2. The molecule has 0 aromatic heterocycles. The Kier molecular flexibility index (Phi) is 5.20. The third kappa shape index (κ3) is 3.67. The van der Waals surface area contributed by atoms with Crippen LogP contribution in [0.3, 0.4) is 0 Å². The third-order valence-electron chi connectivity index (χ3n) is 5.54. The van der Waals surface area contributed by atoms with Crippen molar-refractivity contribution >= 4 is 40.0 Å². The van der Waals surface area contributed by atoms with Crippen LogP contribution in [0.15, 0.2) is 41.3 Å². The molecule has 1 N–H and O–H groups in total. The molecule has 2 fully saturated rings. The second-order valence-corrected chi connectivity index (χ2v) is 8.44. The van der Waals surface area contributed by atoms with Crippen molar-refractivity contribution in [3.8, 4) is 0 Å². The van der Waals surface area contributed by atoms with E-state index in [1.54, 1.807) is 11.8 Å². The van der Waals surface area contributed by atoms with Gasteiger partial charge < -0.3 is 10.2 Å². The highest BCUT2D eigenvalue weighted by molar-refractivity contribution is 8.00. The van der Waals surface area contributed by atoms with E-state index in [0.29, 0.717) is 5.75 Å². The average molecular weight is 375 g/mol. The van der Waals surface area contributed by atoms with Gasteiger partial charge in [-0.2, -0.15) is 0 Å². The fourth-order valence-corrected chi connectivity index (χ4v) is 5.43. The van der Waals surface area contributed by atoms with E-state index in [4.69, 9.17) is 11.6 Å². The summed E-state index contributed by atoms with van der Waals surface area (Å²) >= 11 is 7.99. The first-order valence-corrected chi connectivity index (χ1v) is 10.4. The van der Waals surface area contributed by atoms with E-state index in [0.717, 1.165) is 71.5 Å². The van der Waals surface area contributed by atoms with Gasteiger partial charge in [0, 0.05) is 28.4 Å². The van der Waals surface area contributed by atoms with Crippen LogP contribution >= 0.6 is 23.4 Å². The van der Waals surface area contributed by atoms with Crippen LogP contribution in [0, 0.1) is 11.8 Å². The standard InChI is InChI=1S/C20H23ClN2OS/c21-17-5-1-3-14-4-2-6-18(20(14)17)25-13-19(24)23-9-7-15-11-22-12-16(15)8-10-23/h1-6,15-16,22H,7-13H2/t15-,16+. The van der Waals surface area contributed by atoms with Gasteiger partial charge in [-0.05, 0) is 55.3 Å². The predicted octanol–water partition coefficient (Wildman–Crippen LogP) is 4.04. The van der Waals surface area contributed by atoms with Crippen molar-refractivity contribution in [1.29, 1.82) is 0 Å². The van der Waals surface area contributed by atoms with Crippen molar-refractivity contribution in [3.63, 3.8) is 0 Å². The molecule has 25 heavy (non-hydrogen) atoms. The second kappa shape index (κ2) is 7.56. The number of nitrogens with one attached hydrogen (secondary N) is 1. The number of amides is 1. The summed E-state index contributed by atoms with van der Waals surface area (Å²) in [6.45, 7) is 4.04. The first-order chi connectivity index (χ1) is 12.2. The van der Waals surface area contributed by atoms with Crippen molar-refractivity contribution in [2.24, 2.45) is 11.8 Å². The molecule has 0 spiro atoms. The molecule has 0 unspecified atom stereocenters. The molecule has 2 aliphatic rings. The van der Waals surface area contributed by atoms with Crippen LogP contribution in [0.1, 0.15) is 12.8 Å². The Morgan fingerprint density at radius 1 is 1.12 bits per heavy atom. The monoisotopic (exact) mass is 374 g/mol. The van der Waals surface area contributed by atoms with E-state index in [-0.39, 0.29) is 5.91 Å². The maximum absolute atomic E-state index is 12.7. The summed E-state index contributed by atoms with van der Waals surface area (Å²) in [7, 11) is 0. The Morgan fingerprint density at radius 3 is 2.52 bits per heavy atom. The quantitative estimate of drug-likeness (QED) is 0.823. The molecular formula is C20H23ClN2OS. The van der Waals surface area contributed by atoms with Gasteiger partial charge in [0.2, 0.25) is 5.91 Å². The summed E-state index contributed by atoms with van der Waals surface area (Å²) in [6.07, 6.45) is 2.27. The minimum Gasteiger partial charge on any atom is -0.342 e. The number of fused-ring (bicyclic) bond motifs is 2. The number of rotatable bonds is 3. The molecule has 0 aliphatic carbocycles.